The van der Waals surface area contributed by atoms with E-state index in [2.05, 4.69) is 0 Å². The van der Waals surface area contributed by atoms with E-state index in [0.717, 1.165) is 0 Å². The lowest BCUT2D eigenvalue weighted by atomic mass is 10.2. The fraction of sp³-hybridized carbons (Fsp3) is 0.500. The highest BCUT2D eigenvalue weighted by molar-refractivity contribution is 5.89. The average Bonchev–Trinajstić information content (AvgIpc) is 2.75. The van der Waals surface area contributed by atoms with Gasteiger partial charge in [0.05, 0.1) is 24.9 Å². The Morgan fingerprint density at radius 1 is 1.42 bits per heavy atom. The van der Waals surface area contributed by atoms with E-state index in [-0.39, 0.29) is 19.1 Å². The van der Waals surface area contributed by atoms with Crippen molar-refractivity contribution in [1.29, 1.82) is 0 Å². The Balaban J connectivity index is 1.84. The summed E-state index contributed by atoms with van der Waals surface area (Å²) in [6.45, 7) is 1.76. The van der Waals surface area contributed by atoms with Crippen molar-refractivity contribution in [3.05, 3.63) is 29.8 Å². The topological polar surface area (TPSA) is 44.8 Å². The van der Waals surface area contributed by atoms with Crippen LogP contribution in [0.4, 0.5) is 4.39 Å². The van der Waals surface area contributed by atoms with Gasteiger partial charge in [0.25, 0.3) is 0 Å². The number of ether oxygens (including phenoxy) is 3. The van der Waals surface area contributed by atoms with Crippen LogP contribution in [0, 0.1) is 0 Å². The van der Waals surface area contributed by atoms with Crippen LogP contribution in [0.25, 0.3) is 0 Å². The van der Waals surface area contributed by atoms with Crippen LogP contribution < -0.4 is 4.74 Å². The summed E-state index contributed by atoms with van der Waals surface area (Å²) in [6.07, 6.45) is -1.49. The second-order valence-electron chi connectivity index (χ2n) is 4.54. The summed E-state index contributed by atoms with van der Waals surface area (Å²) in [6, 6.07) is 6.61. The van der Waals surface area contributed by atoms with Gasteiger partial charge in [-0.1, -0.05) is 0 Å². The molecular formula is C14H17FO4. The van der Waals surface area contributed by atoms with Crippen LogP contribution in [0.15, 0.2) is 24.3 Å². The Hall–Kier alpha value is -1.62. The molecule has 1 aromatic rings. The first-order valence-electron chi connectivity index (χ1n) is 6.21. The maximum Gasteiger partial charge on any atom is 0.338 e. The van der Waals surface area contributed by atoms with Gasteiger partial charge in [0.2, 0.25) is 0 Å². The molecule has 0 spiro atoms. The van der Waals surface area contributed by atoms with Gasteiger partial charge in [-0.15, -0.1) is 0 Å². The minimum Gasteiger partial charge on any atom is -0.497 e. The monoisotopic (exact) mass is 268 g/mol. The predicted octanol–water partition coefficient (Wildman–Crippen LogP) is 2.37. The van der Waals surface area contributed by atoms with E-state index in [1.807, 2.05) is 0 Å². The largest absolute Gasteiger partial charge is 0.497 e. The molecule has 4 nitrogen and oxygen atoms in total. The molecule has 0 amide bonds. The molecule has 0 bridgehead atoms. The third-order valence-corrected chi connectivity index (χ3v) is 3.13. The lowest BCUT2D eigenvalue weighted by Gasteiger charge is -2.11. The molecule has 0 radical (unpaired) electrons. The number of rotatable bonds is 4. The van der Waals surface area contributed by atoms with Gasteiger partial charge < -0.3 is 14.2 Å². The summed E-state index contributed by atoms with van der Waals surface area (Å²) >= 11 is 0. The van der Waals surface area contributed by atoms with Gasteiger partial charge in [0.15, 0.2) is 0 Å². The minimum absolute atomic E-state index is 0.0790. The molecule has 0 aliphatic carbocycles. The lowest BCUT2D eigenvalue weighted by Crippen LogP contribution is -2.19. The van der Waals surface area contributed by atoms with E-state index in [9.17, 15) is 9.18 Å². The van der Waals surface area contributed by atoms with Crippen molar-refractivity contribution in [3.8, 4) is 5.75 Å². The molecular weight excluding hydrogens is 251 g/mol. The fourth-order valence-electron chi connectivity index (χ4n) is 1.97. The van der Waals surface area contributed by atoms with E-state index >= 15 is 0 Å². The second-order valence-corrected chi connectivity index (χ2v) is 4.54. The number of alkyl halides is 1. The number of benzene rings is 1. The van der Waals surface area contributed by atoms with E-state index < -0.39 is 18.2 Å². The van der Waals surface area contributed by atoms with Gasteiger partial charge in [-0.2, -0.15) is 0 Å². The van der Waals surface area contributed by atoms with Crippen molar-refractivity contribution in [2.75, 3.05) is 13.7 Å². The van der Waals surface area contributed by atoms with E-state index in [4.69, 9.17) is 14.2 Å². The van der Waals surface area contributed by atoms with E-state index in [1.165, 1.54) is 0 Å². The van der Waals surface area contributed by atoms with Crippen molar-refractivity contribution >= 4 is 5.97 Å². The number of carbonyl (C=O) groups is 1. The summed E-state index contributed by atoms with van der Waals surface area (Å²) < 4.78 is 28.7. The summed E-state index contributed by atoms with van der Waals surface area (Å²) in [4.78, 5) is 11.8. The van der Waals surface area contributed by atoms with Crippen LogP contribution >= 0.6 is 0 Å². The summed E-state index contributed by atoms with van der Waals surface area (Å²) in [5.41, 5.74) is 0.434. The Bertz CT molecular complexity index is 422. The number of esters is 1. The zero-order valence-electron chi connectivity index (χ0n) is 11.0. The van der Waals surface area contributed by atoms with Crippen molar-refractivity contribution in [3.63, 3.8) is 0 Å². The van der Waals surface area contributed by atoms with Crippen molar-refractivity contribution in [1.82, 2.24) is 0 Å². The molecule has 2 rings (SSSR count). The first-order chi connectivity index (χ1) is 9.10. The standard InChI is InChI=1S/C14H17FO4/c1-9-13(15)7-12(19-9)8-18-14(16)10-3-5-11(17-2)6-4-10/h3-6,9,12-13H,7-8H2,1-2H3. The average molecular weight is 268 g/mol. The molecule has 5 heteroatoms. The number of methoxy groups -OCH3 is 1. The smallest absolute Gasteiger partial charge is 0.338 e. The number of hydrogen-bond acceptors (Lipinski definition) is 4. The molecule has 3 atom stereocenters. The molecule has 3 unspecified atom stereocenters. The van der Waals surface area contributed by atoms with Crippen LogP contribution in [-0.2, 0) is 9.47 Å². The number of hydrogen-bond donors (Lipinski definition) is 0. The molecule has 0 saturated carbocycles. The van der Waals surface area contributed by atoms with Crippen LogP contribution in [0.5, 0.6) is 5.75 Å². The van der Waals surface area contributed by atoms with Crippen LogP contribution in [0.2, 0.25) is 0 Å². The summed E-state index contributed by atoms with van der Waals surface area (Å²) in [7, 11) is 1.55. The Kier molecular flexibility index (Phi) is 4.37. The lowest BCUT2D eigenvalue weighted by molar-refractivity contribution is -0.00708. The molecule has 1 aliphatic rings. The fourth-order valence-corrected chi connectivity index (χ4v) is 1.97. The first-order valence-corrected chi connectivity index (χ1v) is 6.21. The van der Waals surface area contributed by atoms with E-state index in [0.29, 0.717) is 11.3 Å². The quantitative estimate of drug-likeness (QED) is 0.786. The predicted molar refractivity (Wildman–Crippen MR) is 67.1 cm³/mol. The van der Waals surface area contributed by atoms with Gasteiger partial charge in [-0.05, 0) is 31.2 Å². The Labute approximate surface area is 111 Å². The van der Waals surface area contributed by atoms with Crippen molar-refractivity contribution < 1.29 is 23.4 Å². The SMILES string of the molecule is COc1ccc(C(=O)OCC2CC(F)C(C)O2)cc1. The third kappa shape index (κ3) is 3.44. The Morgan fingerprint density at radius 3 is 2.63 bits per heavy atom. The van der Waals surface area contributed by atoms with Gasteiger partial charge in [0, 0.05) is 6.42 Å². The van der Waals surface area contributed by atoms with Gasteiger partial charge in [-0.25, -0.2) is 9.18 Å². The number of halogens is 1. The first kappa shape index (κ1) is 13.8. The molecule has 104 valence electrons. The van der Waals surface area contributed by atoms with Crippen LogP contribution in [-0.4, -0.2) is 38.1 Å². The highest BCUT2D eigenvalue weighted by atomic mass is 19.1. The van der Waals surface area contributed by atoms with Gasteiger partial charge >= 0.3 is 5.97 Å². The molecule has 1 aliphatic heterocycles. The highest BCUT2D eigenvalue weighted by Gasteiger charge is 2.32. The third-order valence-electron chi connectivity index (χ3n) is 3.13. The maximum absolute atomic E-state index is 13.2. The summed E-state index contributed by atoms with van der Waals surface area (Å²) in [5.74, 6) is 0.228. The van der Waals surface area contributed by atoms with Crippen LogP contribution in [0.3, 0.4) is 0 Å². The van der Waals surface area contributed by atoms with Crippen LogP contribution in [0.1, 0.15) is 23.7 Å². The molecule has 0 N–H and O–H groups in total. The highest BCUT2D eigenvalue weighted by Crippen LogP contribution is 2.23. The molecule has 0 aromatic heterocycles. The number of carbonyl (C=O) groups excluding carboxylic acids is 1. The Morgan fingerprint density at radius 2 is 2.11 bits per heavy atom. The van der Waals surface area contributed by atoms with E-state index in [1.54, 1.807) is 38.3 Å². The molecule has 1 saturated heterocycles. The zero-order valence-corrected chi connectivity index (χ0v) is 11.0. The maximum atomic E-state index is 13.2. The second kappa shape index (κ2) is 6.02. The molecule has 19 heavy (non-hydrogen) atoms. The van der Waals surface area contributed by atoms with Gasteiger partial charge in [0.1, 0.15) is 18.5 Å². The molecule has 1 fully saturated rings. The van der Waals surface area contributed by atoms with Crippen molar-refractivity contribution in [2.24, 2.45) is 0 Å². The normalized spacial score (nSPS) is 26.2. The zero-order chi connectivity index (χ0) is 13.8. The van der Waals surface area contributed by atoms with Gasteiger partial charge in [-0.3, -0.25) is 0 Å². The summed E-state index contributed by atoms with van der Waals surface area (Å²) in [5, 5.41) is 0. The molecule has 1 heterocycles. The van der Waals surface area contributed by atoms with Crippen molar-refractivity contribution in [2.45, 2.75) is 31.7 Å². The minimum atomic E-state index is -0.982. The molecule has 1 aromatic carbocycles.